The summed E-state index contributed by atoms with van der Waals surface area (Å²) in [5, 5.41) is 0. The Morgan fingerprint density at radius 3 is 2.43 bits per heavy atom. The molecule has 0 heterocycles. The molecule has 0 fully saturated rings. The van der Waals surface area contributed by atoms with Gasteiger partial charge in [-0.1, -0.05) is 43.0 Å². The molecule has 0 atom stereocenters. The van der Waals surface area contributed by atoms with Crippen LogP contribution in [0.3, 0.4) is 0 Å². The number of nitrogens with zero attached hydrogens (tertiary/aromatic N) is 1. The molecule has 21 heavy (non-hydrogen) atoms. The van der Waals surface area contributed by atoms with E-state index in [1.807, 2.05) is 55.5 Å². The number of aryl methyl sites for hydroxylation is 1. The lowest BCUT2D eigenvalue weighted by atomic mass is 10.1. The van der Waals surface area contributed by atoms with Gasteiger partial charge in [-0.25, -0.2) is 0 Å². The summed E-state index contributed by atoms with van der Waals surface area (Å²) >= 11 is 3.55. The molecular formula is C18H18BrNO. The van der Waals surface area contributed by atoms with E-state index in [9.17, 15) is 4.79 Å². The summed E-state index contributed by atoms with van der Waals surface area (Å²) in [5.41, 5.74) is 3.61. The highest BCUT2D eigenvalue weighted by Crippen LogP contribution is 2.29. The minimum absolute atomic E-state index is 0.0663. The van der Waals surface area contributed by atoms with Crippen molar-refractivity contribution in [1.82, 2.24) is 0 Å². The summed E-state index contributed by atoms with van der Waals surface area (Å²) in [6, 6.07) is 15.9. The molecule has 0 saturated carbocycles. The zero-order valence-corrected chi connectivity index (χ0v) is 13.9. The van der Waals surface area contributed by atoms with Crippen LogP contribution in [-0.2, 0) is 11.3 Å². The van der Waals surface area contributed by atoms with Crippen LogP contribution in [0.2, 0.25) is 0 Å². The molecule has 108 valence electrons. The minimum atomic E-state index is -0.0663. The number of rotatable bonds is 4. The van der Waals surface area contributed by atoms with E-state index in [2.05, 4.69) is 22.5 Å². The van der Waals surface area contributed by atoms with E-state index in [0.29, 0.717) is 12.1 Å². The molecule has 0 aliphatic carbocycles. The molecule has 0 N–H and O–H groups in total. The third-order valence-electron chi connectivity index (χ3n) is 3.19. The van der Waals surface area contributed by atoms with E-state index >= 15 is 0 Å². The Morgan fingerprint density at radius 1 is 1.19 bits per heavy atom. The van der Waals surface area contributed by atoms with Gasteiger partial charge in [-0.15, -0.1) is 0 Å². The first-order chi connectivity index (χ1) is 9.99. The number of benzene rings is 2. The van der Waals surface area contributed by atoms with Gasteiger partial charge in [-0.3, -0.25) is 4.79 Å². The Bertz CT molecular complexity index is 664. The first kappa shape index (κ1) is 15.5. The van der Waals surface area contributed by atoms with Crippen molar-refractivity contribution in [3.05, 3.63) is 76.3 Å². The van der Waals surface area contributed by atoms with Crippen molar-refractivity contribution in [3.63, 3.8) is 0 Å². The summed E-state index contributed by atoms with van der Waals surface area (Å²) in [6.07, 6.45) is 0. The second-order valence-electron chi connectivity index (χ2n) is 5.11. The molecule has 2 nitrogen and oxygen atoms in total. The molecular weight excluding hydrogens is 326 g/mol. The average Bonchev–Trinajstić information content (AvgIpc) is 2.45. The molecule has 3 heteroatoms. The maximum absolute atomic E-state index is 12.5. The largest absolute Gasteiger partial charge is 0.303 e. The first-order valence-corrected chi connectivity index (χ1v) is 7.56. The smallest absolute Gasteiger partial charge is 0.253 e. The minimum Gasteiger partial charge on any atom is -0.303 e. The van der Waals surface area contributed by atoms with Crippen LogP contribution in [0.4, 0.5) is 5.69 Å². The average molecular weight is 344 g/mol. The lowest BCUT2D eigenvalue weighted by Gasteiger charge is -2.24. The summed E-state index contributed by atoms with van der Waals surface area (Å²) < 4.78 is 0.910. The van der Waals surface area contributed by atoms with Crippen LogP contribution < -0.4 is 4.90 Å². The topological polar surface area (TPSA) is 20.3 Å². The molecule has 0 radical (unpaired) electrons. The van der Waals surface area contributed by atoms with Crippen molar-refractivity contribution < 1.29 is 4.79 Å². The summed E-state index contributed by atoms with van der Waals surface area (Å²) in [7, 11) is 0. The Hall–Kier alpha value is -1.87. The monoisotopic (exact) mass is 343 g/mol. The van der Waals surface area contributed by atoms with Crippen LogP contribution in [0.15, 0.2) is 65.2 Å². The van der Waals surface area contributed by atoms with E-state index in [1.165, 1.54) is 0 Å². The highest BCUT2D eigenvalue weighted by atomic mass is 79.9. The molecule has 2 rings (SSSR count). The molecule has 0 spiro atoms. The second-order valence-corrected chi connectivity index (χ2v) is 5.97. The van der Waals surface area contributed by atoms with Gasteiger partial charge in [0.1, 0.15) is 0 Å². The van der Waals surface area contributed by atoms with Gasteiger partial charge in [0.25, 0.3) is 5.91 Å². The van der Waals surface area contributed by atoms with Crippen molar-refractivity contribution in [1.29, 1.82) is 0 Å². The fourth-order valence-corrected chi connectivity index (χ4v) is 2.80. The van der Waals surface area contributed by atoms with Gasteiger partial charge in [0.2, 0.25) is 0 Å². The molecule has 1 amide bonds. The van der Waals surface area contributed by atoms with Crippen molar-refractivity contribution in [2.24, 2.45) is 0 Å². The van der Waals surface area contributed by atoms with Crippen LogP contribution in [-0.4, -0.2) is 5.91 Å². The Morgan fingerprint density at radius 2 is 1.86 bits per heavy atom. The lowest BCUT2D eigenvalue weighted by molar-refractivity contribution is -0.115. The fourth-order valence-electron chi connectivity index (χ4n) is 2.09. The van der Waals surface area contributed by atoms with Gasteiger partial charge in [0.05, 0.1) is 12.2 Å². The fraction of sp³-hybridized carbons (Fsp3) is 0.167. The van der Waals surface area contributed by atoms with E-state index in [-0.39, 0.29) is 5.91 Å². The predicted octanol–water partition coefficient (Wildman–Crippen LogP) is 4.87. The van der Waals surface area contributed by atoms with Gasteiger partial charge in [-0.2, -0.15) is 0 Å². The Labute approximate surface area is 134 Å². The van der Waals surface area contributed by atoms with Gasteiger partial charge in [0, 0.05) is 10.0 Å². The van der Waals surface area contributed by atoms with Crippen LogP contribution in [0.25, 0.3) is 0 Å². The molecule has 0 aliphatic heterocycles. The standard InChI is InChI=1S/C18H18BrNO/c1-13(2)18(21)20(12-15-7-5-4-6-8-15)17-10-9-14(3)11-16(17)19/h4-11H,1,12H2,2-3H3. The summed E-state index contributed by atoms with van der Waals surface area (Å²) in [6.45, 7) is 8.07. The Balaban J connectivity index is 2.41. The third kappa shape index (κ3) is 3.82. The van der Waals surface area contributed by atoms with Crippen molar-refractivity contribution in [2.75, 3.05) is 4.90 Å². The van der Waals surface area contributed by atoms with Crippen molar-refractivity contribution in [3.8, 4) is 0 Å². The van der Waals surface area contributed by atoms with E-state index in [1.54, 1.807) is 11.8 Å². The zero-order chi connectivity index (χ0) is 15.4. The van der Waals surface area contributed by atoms with Gasteiger partial charge >= 0.3 is 0 Å². The number of carbonyl (C=O) groups excluding carboxylic acids is 1. The lowest BCUT2D eigenvalue weighted by Crippen LogP contribution is -2.31. The SMILES string of the molecule is C=C(C)C(=O)N(Cc1ccccc1)c1ccc(C)cc1Br. The van der Waals surface area contributed by atoms with Crippen molar-refractivity contribution >= 4 is 27.5 Å². The highest BCUT2D eigenvalue weighted by molar-refractivity contribution is 9.10. The van der Waals surface area contributed by atoms with Crippen LogP contribution in [0.5, 0.6) is 0 Å². The van der Waals surface area contributed by atoms with Crippen LogP contribution >= 0.6 is 15.9 Å². The van der Waals surface area contributed by atoms with E-state index in [4.69, 9.17) is 0 Å². The predicted molar refractivity (Wildman–Crippen MR) is 91.3 cm³/mol. The molecule has 0 bridgehead atoms. The van der Waals surface area contributed by atoms with Gasteiger partial charge in [0.15, 0.2) is 0 Å². The van der Waals surface area contributed by atoms with Crippen LogP contribution in [0, 0.1) is 6.92 Å². The van der Waals surface area contributed by atoms with Gasteiger partial charge in [-0.05, 0) is 53.0 Å². The molecule has 0 saturated heterocycles. The third-order valence-corrected chi connectivity index (χ3v) is 3.82. The number of amides is 1. The Kier molecular flexibility index (Phi) is 4.97. The number of hydrogen-bond donors (Lipinski definition) is 0. The number of halogens is 1. The van der Waals surface area contributed by atoms with Gasteiger partial charge < -0.3 is 4.90 Å². The highest BCUT2D eigenvalue weighted by Gasteiger charge is 2.19. The quantitative estimate of drug-likeness (QED) is 0.725. The summed E-state index contributed by atoms with van der Waals surface area (Å²) in [5.74, 6) is -0.0663. The normalized spacial score (nSPS) is 10.2. The maximum atomic E-state index is 12.5. The first-order valence-electron chi connectivity index (χ1n) is 6.76. The number of anilines is 1. The second kappa shape index (κ2) is 6.72. The molecule has 2 aromatic rings. The molecule has 0 aliphatic rings. The maximum Gasteiger partial charge on any atom is 0.253 e. The molecule has 0 unspecified atom stereocenters. The number of hydrogen-bond acceptors (Lipinski definition) is 1. The van der Waals surface area contributed by atoms with E-state index < -0.39 is 0 Å². The van der Waals surface area contributed by atoms with Crippen LogP contribution in [0.1, 0.15) is 18.1 Å². The van der Waals surface area contributed by atoms with Crippen molar-refractivity contribution in [2.45, 2.75) is 20.4 Å². The molecule has 0 aromatic heterocycles. The van der Waals surface area contributed by atoms with E-state index in [0.717, 1.165) is 21.3 Å². The zero-order valence-electron chi connectivity index (χ0n) is 12.3. The molecule has 2 aromatic carbocycles. The summed E-state index contributed by atoms with van der Waals surface area (Å²) in [4.78, 5) is 14.2. The number of carbonyl (C=O) groups is 1.